The van der Waals surface area contributed by atoms with Gasteiger partial charge in [-0.25, -0.2) is 0 Å². The number of pyridine rings is 1. The number of thiophene rings is 1. The number of likely N-dealkylation sites (tertiary alicyclic amines) is 1. The summed E-state index contributed by atoms with van der Waals surface area (Å²) in [5.74, 6) is 0.231. The average molecular weight is 382 g/mol. The number of H-pyrrole nitrogens is 1. The number of anilines is 1. The van der Waals surface area contributed by atoms with Crippen LogP contribution in [0.2, 0.25) is 0 Å². The van der Waals surface area contributed by atoms with Crippen molar-refractivity contribution in [2.45, 2.75) is 12.8 Å². The van der Waals surface area contributed by atoms with Crippen molar-refractivity contribution in [1.82, 2.24) is 25.1 Å². The van der Waals surface area contributed by atoms with Gasteiger partial charge in [-0.1, -0.05) is 12.1 Å². The van der Waals surface area contributed by atoms with Gasteiger partial charge >= 0.3 is 0 Å². The molecule has 0 aromatic carbocycles. The van der Waals surface area contributed by atoms with Gasteiger partial charge in [0.2, 0.25) is 11.9 Å². The Morgan fingerprint density at radius 3 is 2.96 bits per heavy atom. The molecule has 3 aromatic heterocycles. The van der Waals surface area contributed by atoms with Gasteiger partial charge in [-0.3, -0.25) is 25.0 Å². The predicted octanol–water partition coefficient (Wildman–Crippen LogP) is 2.42. The van der Waals surface area contributed by atoms with E-state index in [1.54, 1.807) is 17.2 Å². The van der Waals surface area contributed by atoms with Crippen molar-refractivity contribution in [3.8, 4) is 11.5 Å². The fourth-order valence-corrected chi connectivity index (χ4v) is 3.77. The fourth-order valence-electron chi connectivity index (χ4n) is 3.08. The molecular weight excluding hydrogens is 364 g/mol. The molecule has 8 nitrogen and oxygen atoms in total. The van der Waals surface area contributed by atoms with Gasteiger partial charge in [-0.2, -0.15) is 4.98 Å². The molecule has 4 rings (SSSR count). The first kappa shape index (κ1) is 17.3. The predicted molar refractivity (Wildman–Crippen MR) is 101 cm³/mol. The molecule has 27 heavy (non-hydrogen) atoms. The molecule has 1 aliphatic rings. The zero-order valence-corrected chi connectivity index (χ0v) is 15.3. The van der Waals surface area contributed by atoms with Gasteiger partial charge in [0, 0.05) is 19.3 Å². The second-order valence-corrected chi connectivity index (χ2v) is 7.23. The molecule has 4 heterocycles. The summed E-state index contributed by atoms with van der Waals surface area (Å²) in [5.41, 5.74) is 0.649. The van der Waals surface area contributed by atoms with E-state index in [9.17, 15) is 9.59 Å². The summed E-state index contributed by atoms with van der Waals surface area (Å²) in [6.07, 6.45) is 3.19. The number of hydrogen-bond acceptors (Lipinski definition) is 6. The van der Waals surface area contributed by atoms with E-state index in [1.807, 2.05) is 29.6 Å². The molecule has 1 aliphatic heterocycles. The van der Waals surface area contributed by atoms with Gasteiger partial charge in [-0.05, 0) is 36.4 Å². The van der Waals surface area contributed by atoms with Crippen LogP contribution in [0.15, 0.2) is 41.9 Å². The van der Waals surface area contributed by atoms with E-state index in [0.717, 1.165) is 12.8 Å². The number of nitrogens with zero attached hydrogens (tertiary/aromatic N) is 4. The van der Waals surface area contributed by atoms with Gasteiger partial charge in [0.15, 0.2) is 5.82 Å². The Balaban J connectivity index is 1.39. The van der Waals surface area contributed by atoms with Crippen LogP contribution in [0, 0.1) is 5.92 Å². The Morgan fingerprint density at radius 1 is 1.26 bits per heavy atom. The summed E-state index contributed by atoms with van der Waals surface area (Å²) in [5, 5.41) is 11.4. The molecule has 0 saturated carbocycles. The average Bonchev–Trinajstić information content (AvgIpc) is 3.40. The van der Waals surface area contributed by atoms with Crippen LogP contribution in [0.3, 0.4) is 0 Å². The lowest BCUT2D eigenvalue weighted by molar-refractivity contribution is -0.121. The first-order valence-electron chi connectivity index (χ1n) is 8.68. The lowest BCUT2D eigenvalue weighted by Crippen LogP contribution is -2.43. The molecule has 1 atom stereocenters. The first-order chi connectivity index (χ1) is 13.2. The summed E-state index contributed by atoms with van der Waals surface area (Å²) >= 11 is 1.42. The highest BCUT2D eigenvalue weighted by molar-refractivity contribution is 7.12. The zero-order chi connectivity index (χ0) is 18.6. The van der Waals surface area contributed by atoms with Gasteiger partial charge in [0.05, 0.1) is 10.8 Å². The van der Waals surface area contributed by atoms with Crippen molar-refractivity contribution >= 4 is 29.1 Å². The van der Waals surface area contributed by atoms with Gasteiger partial charge in [0.25, 0.3) is 5.91 Å². The van der Waals surface area contributed by atoms with E-state index in [0.29, 0.717) is 29.5 Å². The van der Waals surface area contributed by atoms with Gasteiger partial charge in [0.1, 0.15) is 5.69 Å². The molecule has 9 heteroatoms. The number of amides is 2. The Hall–Kier alpha value is -3.07. The van der Waals surface area contributed by atoms with E-state index in [1.165, 1.54) is 11.3 Å². The summed E-state index contributed by atoms with van der Waals surface area (Å²) in [6.45, 7) is 1.07. The highest BCUT2D eigenvalue weighted by Gasteiger charge is 2.29. The molecule has 0 aliphatic carbocycles. The number of carbonyl (C=O) groups is 2. The molecule has 0 radical (unpaired) electrons. The molecule has 0 spiro atoms. The van der Waals surface area contributed by atoms with Crippen LogP contribution in [0.25, 0.3) is 11.5 Å². The monoisotopic (exact) mass is 382 g/mol. The van der Waals surface area contributed by atoms with E-state index >= 15 is 0 Å². The van der Waals surface area contributed by atoms with Crippen molar-refractivity contribution in [2.75, 3.05) is 18.4 Å². The molecule has 0 unspecified atom stereocenters. The Morgan fingerprint density at radius 2 is 2.19 bits per heavy atom. The number of rotatable bonds is 4. The van der Waals surface area contributed by atoms with Crippen LogP contribution in [-0.4, -0.2) is 50.0 Å². The third-order valence-corrected chi connectivity index (χ3v) is 5.30. The highest BCUT2D eigenvalue weighted by atomic mass is 32.1. The standard InChI is InChI=1S/C18H18N6O2S/c25-16(21-18-20-15(22-23-18)13-6-1-2-8-19-13)12-5-3-9-24(11-12)17(26)14-7-4-10-27-14/h1-2,4,6-8,10,12H,3,5,9,11H2,(H2,20,21,22,23,25)/t12-/m0/s1. The summed E-state index contributed by atoms with van der Waals surface area (Å²) in [7, 11) is 0. The lowest BCUT2D eigenvalue weighted by atomic mass is 9.97. The van der Waals surface area contributed by atoms with Crippen molar-refractivity contribution in [1.29, 1.82) is 0 Å². The largest absolute Gasteiger partial charge is 0.337 e. The Kier molecular flexibility index (Phi) is 4.93. The summed E-state index contributed by atoms with van der Waals surface area (Å²) in [4.78, 5) is 36.0. The Bertz CT molecular complexity index is 925. The highest BCUT2D eigenvalue weighted by Crippen LogP contribution is 2.22. The first-order valence-corrected chi connectivity index (χ1v) is 9.56. The number of nitrogens with one attached hydrogen (secondary N) is 2. The number of aromatic nitrogens is 4. The fraction of sp³-hybridized carbons (Fsp3) is 0.278. The van der Waals surface area contributed by atoms with Crippen LogP contribution in [0.1, 0.15) is 22.5 Å². The van der Waals surface area contributed by atoms with Gasteiger partial charge in [-0.15, -0.1) is 16.4 Å². The van der Waals surface area contributed by atoms with E-state index in [-0.39, 0.29) is 23.7 Å². The maximum Gasteiger partial charge on any atom is 0.263 e. The van der Waals surface area contributed by atoms with E-state index < -0.39 is 0 Å². The molecule has 2 amide bonds. The minimum atomic E-state index is -0.278. The quantitative estimate of drug-likeness (QED) is 0.721. The summed E-state index contributed by atoms with van der Waals surface area (Å²) < 4.78 is 0. The third-order valence-electron chi connectivity index (χ3n) is 4.44. The molecular formula is C18H18N6O2S. The van der Waals surface area contributed by atoms with Crippen LogP contribution in [0.5, 0.6) is 0 Å². The minimum Gasteiger partial charge on any atom is -0.337 e. The third kappa shape index (κ3) is 3.87. The van der Waals surface area contributed by atoms with E-state index in [2.05, 4.69) is 25.5 Å². The number of piperidine rings is 1. The molecule has 3 aromatic rings. The summed E-state index contributed by atoms with van der Waals surface area (Å²) in [6, 6.07) is 9.14. The molecule has 138 valence electrons. The maximum atomic E-state index is 12.6. The normalized spacial score (nSPS) is 16.9. The minimum absolute atomic E-state index is 0.0159. The number of hydrogen-bond donors (Lipinski definition) is 2. The topological polar surface area (TPSA) is 104 Å². The Labute approximate surface area is 159 Å². The molecule has 1 fully saturated rings. The van der Waals surface area contributed by atoms with Crippen molar-refractivity contribution in [3.05, 3.63) is 46.8 Å². The molecule has 2 N–H and O–H groups in total. The van der Waals surface area contributed by atoms with Crippen molar-refractivity contribution in [2.24, 2.45) is 5.92 Å². The molecule has 1 saturated heterocycles. The second kappa shape index (κ2) is 7.67. The maximum absolute atomic E-state index is 12.6. The van der Waals surface area contributed by atoms with E-state index in [4.69, 9.17) is 0 Å². The number of carbonyl (C=O) groups excluding carboxylic acids is 2. The lowest BCUT2D eigenvalue weighted by Gasteiger charge is -2.31. The number of aromatic amines is 1. The van der Waals surface area contributed by atoms with Crippen LogP contribution < -0.4 is 5.32 Å². The smallest absolute Gasteiger partial charge is 0.263 e. The second-order valence-electron chi connectivity index (χ2n) is 6.28. The van der Waals surface area contributed by atoms with Crippen molar-refractivity contribution in [3.63, 3.8) is 0 Å². The van der Waals surface area contributed by atoms with Crippen LogP contribution in [0.4, 0.5) is 5.95 Å². The van der Waals surface area contributed by atoms with Gasteiger partial charge < -0.3 is 4.90 Å². The van der Waals surface area contributed by atoms with Crippen molar-refractivity contribution < 1.29 is 9.59 Å². The van der Waals surface area contributed by atoms with Crippen LogP contribution >= 0.6 is 11.3 Å². The zero-order valence-electron chi connectivity index (χ0n) is 14.5. The molecule has 0 bridgehead atoms. The SMILES string of the molecule is O=C(Nc1n[nH]c(-c2ccccn2)n1)[C@H]1CCCN(C(=O)c2cccs2)C1. The van der Waals surface area contributed by atoms with Crippen LogP contribution in [-0.2, 0) is 4.79 Å².